The summed E-state index contributed by atoms with van der Waals surface area (Å²) in [6.07, 6.45) is 0. The lowest BCUT2D eigenvalue weighted by Gasteiger charge is -2.11. The van der Waals surface area contributed by atoms with Crippen LogP contribution in [0.25, 0.3) is 0 Å². The fraction of sp³-hybridized carbons (Fsp3) is 0.0909. The summed E-state index contributed by atoms with van der Waals surface area (Å²) in [4.78, 5) is 0. The lowest BCUT2D eigenvalue weighted by Crippen LogP contribution is -2.09. The second kappa shape index (κ2) is 6.56. The largest absolute Gasteiger partial charge is 0.191 e. The van der Waals surface area contributed by atoms with E-state index < -0.39 is 4.33 Å². The summed E-state index contributed by atoms with van der Waals surface area (Å²) < 4.78 is -1.47. The van der Waals surface area contributed by atoms with Gasteiger partial charge >= 0.3 is 0 Å². The van der Waals surface area contributed by atoms with E-state index >= 15 is 0 Å². The summed E-state index contributed by atoms with van der Waals surface area (Å²) >= 11 is 33.8. The molecule has 0 saturated carbocycles. The van der Waals surface area contributed by atoms with Crippen molar-refractivity contribution in [3.8, 4) is 0 Å². The zero-order chi connectivity index (χ0) is 13.1. The van der Waals surface area contributed by atoms with Crippen molar-refractivity contribution >= 4 is 69.6 Å². The Morgan fingerprint density at radius 3 is 0.941 bits per heavy atom. The first-order chi connectivity index (χ1) is 7.89. The second-order valence-corrected chi connectivity index (χ2v) is 5.82. The molecule has 0 N–H and O–H groups in total. The molecule has 1 aliphatic carbocycles. The topological polar surface area (TPSA) is 0 Å². The van der Waals surface area contributed by atoms with Gasteiger partial charge in [0.1, 0.15) is 0 Å². The third kappa shape index (κ3) is 3.70. The van der Waals surface area contributed by atoms with Crippen LogP contribution >= 0.6 is 69.6 Å². The normalized spacial score (nSPS) is 18.0. The molecule has 1 aliphatic rings. The molecule has 0 fully saturated rings. The van der Waals surface area contributed by atoms with Crippen LogP contribution in [0.5, 0.6) is 0 Å². The monoisotopic (exact) mass is 348 g/mol. The van der Waals surface area contributed by atoms with Crippen LogP contribution in [-0.2, 0) is 0 Å². The van der Waals surface area contributed by atoms with E-state index in [1.807, 2.05) is 36.4 Å². The van der Waals surface area contributed by atoms with Gasteiger partial charge in [0.2, 0.25) is 0 Å². The molecule has 0 radical (unpaired) electrons. The van der Waals surface area contributed by atoms with Gasteiger partial charge in [-0.1, -0.05) is 106 Å². The van der Waals surface area contributed by atoms with E-state index in [0.717, 1.165) is 0 Å². The minimum atomic E-state index is -1.47. The molecule has 0 nitrogen and oxygen atoms in total. The average molecular weight is 351 g/mol. The summed E-state index contributed by atoms with van der Waals surface area (Å²) in [6.45, 7) is 0. The van der Waals surface area contributed by atoms with Crippen molar-refractivity contribution in [3.05, 3.63) is 56.5 Å². The van der Waals surface area contributed by atoms with Crippen molar-refractivity contribution in [1.29, 1.82) is 0 Å². The summed E-state index contributed by atoms with van der Waals surface area (Å²) in [7, 11) is 0. The number of halogens is 6. The smallest absolute Gasteiger partial charge is 0.0888 e. The molecule has 0 heterocycles. The maximum absolute atomic E-state index is 5.68. The maximum atomic E-state index is 5.68. The first-order valence-electron chi connectivity index (χ1n) is 4.38. The molecule has 0 bridgehead atoms. The lowest BCUT2D eigenvalue weighted by molar-refractivity contribution is 1.24. The molecule has 2 rings (SSSR count). The van der Waals surface area contributed by atoms with E-state index in [-0.39, 0.29) is 20.1 Å². The first-order valence-corrected chi connectivity index (χ1v) is 6.65. The highest BCUT2D eigenvalue weighted by Crippen LogP contribution is 2.53. The molecule has 0 unspecified atom stereocenters. The standard InChI is InChI=1S/C6H6.C5Cl6/c1-2-4-6-5-3-1;6-1-2(7)4(9)5(10,11)3(1)8/h1-6H;. The van der Waals surface area contributed by atoms with Gasteiger partial charge in [0.15, 0.2) is 4.33 Å². The van der Waals surface area contributed by atoms with Gasteiger partial charge in [-0.25, -0.2) is 0 Å². The third-order valence-corrected chi connectivity index (χ3v) is 4.93. The van der Waals surface area contributed by atoms with Crippen LogP contribution in [0.3, 0.4) is 0 Å². The highest BCUT2D eigenvalue weighted by atomic mass is 35.5. The van der Waals surface area contributed by atoms with Crippen LogP contribution < -0.4 is 0 Å². The molecule has 92 valence electrons. The van der Waals surface area contributed by atoms with Crippen LogP contribution in [0.2, 0.25) is 0 Å². The van der Waals surface area contributed by atoms with Crippen molar-refractivity contribution in [2.75, 3.05) is 0 Å². The van der Waals surface area contributed by atoms with Gasteiger partial charge in [-0.3, -0.25) is 0 Å². The van der Waals surface area contributed by atoms with Gasteiger partial charge in [-0.15, -0.1) is 0 Å². The number of hydrogen-bond donors (Lipinski definition) is 0. The molecule has 0 saturated heterocycles. The van der Waals surface area contributed by atoms with Crippen LogP contribution in [0, 0.1) is 0 Å². The summed E-state index contributed by atoms with van der Waals surface area (Å²) in [6, 6.07) is 12.0. The van der Waals surface area contributed by atoms with E-state index in [1.54, 1.807) is 0 Å². The van der Waals surface area contributed by atoms with Crippen molar-refractivity contribution in [2.45, 2.75) is 4.33 Å². The summed E-state index contributed by atoms with van der Waals surface area (Å²) in [5, 5.41) is 0.279. The van der Waals surface area contributed by atoms with Gasteiger partial charge < -0.3 is 0 Å². The van der Waals surface area contributed by atoms with Crippen LogP contribution in [0.4, 0.5) is 0 Å². The Morgan fingerprint density at radius 1 is 0.588 bits per heavy atom. The van der Waals surface area contributed by atoms with E-state index in [2.05, 4.69) is 0 Å². The predicted octanol–water partition coefficient (Wildman–Crippen LogP) is 6.24. The van der Waals surface area contributed by atoms with Crippen molar-refractivity contribution in [1.82, 2.24) is 0 Å². The zero-order valence-corrected chi connectivity index (χ0v) is 12.8. The zero-order valence-electron chi connectivity index (χ0n) is 8.23. The summed E-state index contributed by atoms with van der Waals surface area (Å²) in [5.41, 5.74) is 0. The molecule has 0 amide bonds. The molecule has 0 aromatic heterocycles. The number of alkyl halides is 2. The fourth-order valence-corrected chi connectivity index (χ4v) is 2.52. The number of benzene rings is 1. The number of allylic oxidation sites excluding steroid dienone is 4. The van der Waals surface area contributed by atoms with E-state index in [9.17, 15) is 0 Å². The predicted molar refractivity (Wildman–Crippen MR) is 78.3 cm³/mol. The first kappa shape index (κ1) is 15.5. The Bertz CT molecular complexity index is 394. The maximum Gasteiger partial charge on any atom is 0.191 e. The average Bonchev–Trinajstić information content (AvgIpc) is 2.48. The van der Waals surface area contributed by atoms with Gasteiger partial charge in [-0.05, 0) is 0 Å². The van der Waals surface area contributed by atoms with Crippen LogP contribution in [0.15, 0.2) is 56.5 Å². The Kier molecular flexibility index (Phi) is 5.98. The van der Waals surface area contributed by atoms with Crippen LogP contribution in [0.1, 0.15) is 0 Å². The minimum Gasteiger partial charge on any atom is -0.0888 e. The number of hydrogen-bond acceptors (Lipinski definition) is 0. The molecule has 6 heteroatoms. The molecule has 1 aromatic carbocycles. The van der Waals surface area contributed by atoms with Gasteiger partial charge in [0.25, 0.3) is 0 Å². The molecule has 0 aliphatic heterocycles. The van der Waals surface area contributed by atoms with E-state index in [4.69, 9.17) is 69.6 Å². The minimum absolute atomic E-state index is 0.0394. The molecule has 0 spiro atoms. The van der Waals surface area contributed by atoms with E-state index in [1.165, 1.54) is 0 Å². The molecule has 1 aromatic rings. The lowest BCUT2D eigenvalue weighted by atomic mass is 10.4. The SMILES string of the molecule is ClC1=C(Cl)C(Cl)(Cl)C(Cl)=C1Cl.c1ccccc1. The van der Waals surface area contributed by atoms with E-state index in [0.29, 0.717) is 0 Å². The highest BCUT2D eigenvalue weighted by Gasteiger charge is 2.42. The molecule has 17 heavy (non-hydrogen) atoms. The van der Waals surface area contributed by atoms with Crippen molar-refractivity contribution < 1.29 is 0 Å². The second-order valence-electron chi connectivity index (χ2n) is 2.99. The third-order valence-electron chi connectivity index (χ3n) is 1.80. The quantitative estimate of drug-likeness (QED) is 0.486. The Hall–Kier alpha value is 0.440. The van der Waals surface area contributed by atoms with Crippen LogP contribution in [-0.4, -0.2) is 4.33 Å². The Balaban J connectivity index is 0.000000202. The fourth-order valence-electron chi connectivity index (χ4n) is 0.950. The molecule has 0 atom stereocenters. The van der Waals surface area contributed by atoms with Crippen molar-refractivity contribution in [3.63, 3.8) is 0 Å². The van der Waals surface area contributed by atoms with Gasteiger partial charge in [0, 0.05) is 0 Å². The van der Waals surface area contributed by atoms with Gasteiger partial charge in [-0.2, -0.15) is 0 Å². The van der Waals surface area contributed by atoms with Gasteiger partial charge in [0.05, 0.1) is 20.1 Å². The van der Waals surface area contributed by atoms with Crippen molar-refractivity contribution in [2.24, 2.45) is 0 Å². The summed E-state index contributed by atoms with van der Waals surface area (Å²) in [5.74, 6) is 0. The Labute approximate surface area is 130 Å². The molecular weight excluding hydrogens is 345 g/mol. The Morgan fingerprint density at radius 2 is 0.824 bits per heavy atom. The highest BCUT2D eigenvalue weighted by molar-refractivity contribution is 6.67. The molecular formula is C11H6Cl6. The number of rotatable bonds is 0.